The van der Waals surface area contributed by atoms with Gasteiger partial charge >= 0.3 is 0 Å². The molecule has 0 saturated heterocycles. The third kappa shape index (κ3) is 2.79. The fourth-order valence-corrected chi connectivity index (χ4v) is 3.01. The number of rotatable bonds is 4. The Morgan fingerprint density at radius 3 is 2.30 bits per heavy atom. The number of fused-ring (bicyclic) bond motifs is 1. The number of aromatic nitrogens is 4. The first-order chi connectivity index (χ1) is 11.0. The third-order valence-corrected chi connectivity index (χ3v) is 4.15. The largest absolute Gasteiger partial charge is 0.308 e. The fraction of sp³-hybridized carbons (Fsp3) is 0.389. The molecule has 2 N–H and O–H groups in total. The van der Waals surface area contributed by atoms with Crippen molar-refractivity contribution in [1.29, 1.82) is 0 Å². The molecule has 0 aliphatic rings. The summed E-state index contributed by atoms with van der Waals surface area (Å²) < 4.78 is 0. The van der Waals surface area contributed by atoms with Gasteiger partial charge in [-0.15, -0.1) is 0 Å². The van der Waals surface area contributed by atoms with Gasteiger partial charge in [0.15, 0.2) is 5.52 Å². The highest BCUT2D eigenvalue weighted by molar-refractivity contribution is 5.76. The van der Waals surface area contributed by atoms with E-state index in [0.29, 0.717) is 22.8 Å². The minimum atomic E-state index is -0.185. The van der Waals surface area contributed by atoms with E-state index in [4.69, 9.17) is 4.98 Å². The second kappa shape index (κ2) is 5.99. The highest BCUT2D eigenvalue weighted by Crippen LogP contribution is 2.30. The number of hydrogen-bond acceptors (Lipinski definition) is 3. The van der Waals surface area contributed by atoms with Crippen LogP contribution in [0.4, 0.5) is 0 Å². The quantitative estimate of drug-likeness (QED) is 0.773. The van der Waals surface area contributed by atoms with Crippen LogP contribution in [0.2, 0.25) is 0 Å². The van der Waals surface area contributed by atoms with Crippen LogP contribution in [0.15, 0.2) is 35.1 Å². The van der Waals surface area contributed by atoms with E-state index < -0.39 is 0 Å². The highest BCUT2D eigenvalue weighted by atomic mass is 16.1. The van der Waals surface area contributed by atoms with Crippen LogP contribution in [-0.2, 0) is 0 Å². The van der Waals surface area contributed by atoms with E-state index in [-0.39, 0.29) is 17.4 Å². The SMILES string of the molecule is CC(C)c1[nH]nc2c(=O)[nH]c(C(c3ccccc3)C(C)C)nc12. The lowest BCUT2D eigenvalue weighted by Gasteiger charge is -2.20. The summed E-state index contributed by atoms with van der Waals surface area (Å²) in [4.78, 5) is 20.1. The zero-order valence-corrected chi connectivity index (χ0v) is 13.9. The molecule has 0 radical (unpaired) electrons. The maximum absolute atomic E-state index is 12.4. The molecule has 0 bridgehead atoms. The molecule has 23 heavy (non-hydrogen) atoms. The van der Waals surface area contributed by atoms with Crippen LogP contribution in [0.1, 0.15) is 56.6 Å². The molecule has 3 rings (SSSR count). The molecule has 0 spiro atoms. The van der Waals surface area contributed by atoms with Crippen molar-refractivity contribution in [2.75, 3.05) is 0 Å². The summed E-state index contributed by atoms with van der Waals surface area (Å²) in [5, 5.41) is 7.08. The van der Waals surface area contributed by atoms with Gasteiger partial charge in [0, 0.05) is 5.92 Å². The molecule has 0 aliphatic heterocycles. The molecule has 0 amide bonds. The summed E-state index contributed by atoms with van der Waals surface area (Å²) in [6.45, 7) is 8.40. The highest BCUT2D eigenvalue weighted by Gasteiger charge is 2.23. The zero-order chi connectivity index (χ0) is 16.6. The smallest absolute Gasteiger partial charge is 0.279 e. The summed E-state index contributed by atoms with van der Waals surface area (Å²) >= 11 is 0. The minimum Gasteiger partial charge on any atom is -0.308 e. The van der Waals surface area contributed by atoms with Crippen molar-refractivity contribution in [3.05, 3.63) is 57.8 Å². The molecule has 2 heterocycles. The van der Waals surface area contributed by atoms with Crippen LogP contribution in [0, 0.1) is 5.92 Å². The summed E-state index contributed by atoms with van der Waals surface area (Å²) in [6, 6.07) is 10.2. The standard InChI is InChI=1S/C18H22N4O/c1-10(2)13(12-8-6-5-7-9-12)17-19-15-14(11(3)4)21-22-16(15)18(23)20-17/h5-11,13H,1-4H3,(H,21,22)(H,19,20,23). The zero-order valence-electron chi connectivity index (χ0n) is 13.9. The van der Waals surface area contributed by atoms with Crippen LogP contribution < -0.4 is 5.56 Å². The molecule has 120 valence electrons. The third-order valence-electron chi connectivity index (χ3n) is 4.15. The van der Waals surface area contributed by atoms with Crippen molar-refractivity contribution >= 4 is 11.0 Å². The van der Waals surface area contributed by atoms with E-state index in [0.717, 1.165) is 11.3 Å². The summed E-state index contributed by atoms with van der Waals surface area (Å²) in [5.41, 5.74) is 2.94. The van der Waals surface area contributed by atoms with E-state index in [1.54, 1.807) is 0 Å². The number of H-pyrrole nitrogens is 2. The first-order valence-electron chi connectivity index (χ1n) is 8.02. The maximum Gasteiger partial charge on any atom is 0.279 e. The van der Waals surface area contributed by atoms with Crippen LogP contribution >= 0.6 is 0 Å². The monoisotopic (exact) mass is 310 g/mol. The van der Waals surface area contributed by atoms with Gasteiger partial charge in [-0.1, -0.05) is 58.0 Å². The van der Waals surface area contributed by atoms with Gasteiger partial charge in [0.1, 0.15) is 11.3 Å². The molecule has 1 atom stereocenters. The number of aromatic amines is 2. The fourth-order valence-electron chi connectivity index (χ4n) is 3.01. The van der Waals surface area contributed by atoms with Crippen molar-refractivity contribution in [3.63, 3.8) is 0 Å². The van der Waals surface area contributed by atoms with Crippen molar-refractivity contribution in [3.8, 4) is 0 Å². The molecule has 2 aromatic heterocycles. The summed E-state index contributed by atoms with van der Waals surface area (Å²) in [5.74, 6) is 1.29. The van der Waals surface area contributed by atoms with Crippen LogP contribution in [0.5, 0.6) is 0 Å². The Hall–Kier alpha value is -2.43. The number of benzene rings is 1. The Morgan fingerprint density at radius 2 is 1.70 bits per heavy atom. The van der Waals surface area contributed by atoms with E-state index in [1.165, 1.54) is 0 Å². The Labute approximate surface area is 135 Å². The molecular formula is C18H22N4O. The number of nitrogens with one attached hydrogen (secondary N) is 2. The molecule has 0 saturated carbocycles. The van der Waals surface area contributed by atoms with Gasteiger partial charge in [-0.05, 0) is 17.4 Å². The van der Waals surface area contributed by atoms with E-state index >= 15 is 0 Å². The first-order valence-corrected chi connectivity index (χ1v) is 8.02. The Bertz CT molecular complexity index is 862. The van der Waals surface area contributed by atoms with Crippen molar-refractivity contribution in [1.82, 2.24) is 20.2 Å². The van der Waals surface area contributed by atoms with Crippen LogP contribution in [0.25, 0.3) is 11.0 Å². The van der Waals surface area contributed by atoms with E-state index in [9.17, 15) is 4.79 Å². The predicted octanol–water partition coefficient (Wildman–Crippen LogP) is 3.56. The normalized spacial score (nSPS) is 13.1. The lowest BCUT2D eigenvalue weighted by molar-refractivity contribution is 0.539. The molecular weight excluding hydrogens is 288 g/mol. The van der Waals surface area contributed by atoms with Gasteiger partial charge in [-0.2, -0.15) is 5.10 Å². The van der Waals surface area contributed by atoms with Gasteiger partial charge in [-0.3, -0.25) is 9.89 Å². The number of hydrogen-bond donors (Lipinski definition) is 2. The van der Waals surface area contributed by atoms with Crippen molar-refractivity contribution in [2.45, 2.75) is 39.5 Å². The molecule has 1 aromatic carbocycles. The van der Waals surface area contributed by atoms with Crippen LogP contribution in [-0.4, -0.2) is 20.2 Å². The minimum absolute atomic E-state index is 0.0446. The molecule has 3 aromatic rings. The van der Waals surface area contributed by atoms with Gasteiger partial charge in [0.25, 0.3) is 5.56 Å². The second-order valence-corrected chi connectivity index (χ2v) is 6.57. The lowest BCUT2D eigenvalue weighted by atomic mass is 9.87. The predicted molar refractivity (Wildman–Crippen MR) is 91.7 cm³/mol. The van der Waals surface area contributed by atoms with Gasteiger partial charge in [0.2, 0.25) is 0 Å². The average Bonchev–Trinajstić information content (AvgIpc) is 2.93. The topological polar surface area (TPSA) is 74.4 Å². The Balaban J connectivity index is 2.21. The molecule has 1 unspecified atom stereocenters. The van der Waals surface area contributed by atoms with Crippen molar-refractivity contribution < 1.29 is 0 Å². The van der Waals surface area contributed by atoms with Crippen molar-refractivity contribution in [2.24, 2.45) is 5.92 Å². The Morgan fingerprint density at radius 1 is 1.00 bits per heavy atom. The second-order valence-electron chi connectivity index (χ2n) is 6.57. The average molecular weight is 310 g/mol. The molecule has 5 heteroatoms. The Kier molecular flexibility index (Phi) is 4.03. The number of nitrogens with zero attached hydrogens (tertiary/aromatic N) is 2. The van der Waals surface area contributed by atoms with Gasteiger partial charge < -0.3 is 4.98 Å². The summed E-state index contributed by atoms with van der Waals surface area (Å²) in [7, 11) is 0. The first kappa shape index (κ1) is 15.5. The molecule has 0 aliphatic carbocycles. The van der Waals surface area contributed by atoms with E-state index in [2.05, 4.69) is 55.0 Å². The molecule has 0 fully saturated rings. The van der Waals surface area contributed by atoms with Crippen LogP contribution in [0.3, 0.4) is 0 Å². The van der Waals surface area contributed by atoms with Gasteiger partial charge in [0.05, 0.1) is 5.69 Å². The lowest BCUT2D eigenvalue weighted by Crippen LogP contribution is -2.19. The van der Waals surface area contributed by atoms with Gasteiger partial charge in [-0.25, -0.2) is 4.98 Å². The molecule has 5 nitrogen and oxygen atoms in total. The van der Waals surface area contributed by atoms with E-state index in [1.807, 2.05) is 18.2 Å². The summed E-state index contributed by atoms with van der Waals surface area (Å²) in [6.07, 6.45) is 0. The maximum atomic E-state index is 12.4.